The van der Waals surface area contributed by atoms with E-state index >= 15 is 0 Å². The van der Waals surface area contributed by atoms with Crippen molar-refractivity contribution in [3.05, 3.63) is 42.2 Å². The average molecular weight is 343 g/mol. The molecule has 2 aliphatic rings. The van der Waals surface area contributed by atoms with Crippen molar-refractivity contribution in [3.63, 3.8) is 0 Å². The number of hydrogen-bond donors (Lipinski definition) is 1. The number of likely N-dealkylation sites (tertiary alicyclic amines) is 1. The normalized spacial score (nSPS) is 26.6. The van der Waals surface area contributed by atoms with Crippen molar-refractivity contribution >= 4 is 0 Å². The van der Waals surface area contributed by atoms with Gasteiger partial charge in [0, 0.05) is 50.0 Å². The number of rotatable bonds is 5. The first-order valence-electron chi connectivity index (χ1n) is 8.82. The van der Waals surface area contributed by atoms with Gasteiger partial charge in [0.25, 0.3) is 0 Å². The number of aliphatic hydroxyl groups excluding tert-OH is 1. The van der Waals surface area contributed by atoms with Gasteiger partial charge in [-0.1, -0.05) is 0 Å². The van der Waals surface area contributed by atoms with Crippen molar-refractivity contribution in [1.29, 1.82) is 0 Å². The van der Waals surface area contributed by atoms with Gasteiger partial charge in [0.15, 0.2) is 0 Å². The van der Waals surface area contributed by atoms with Crippen LogP contribution in [0, 0.1) is 11.3 Å². The minimum absolute atomic E-state index is 0.0109. The lowest BCUT2D eigenvalue weighted by Gasteiger charge is -2.36. The maximum absolute atomic E-state index is 10.0. The molecule has 1 aromatic heterocycles. The molecule has 6 heteroatoms. The van der Waals surface area contributed by atoms with Crippen LogP contribution in [0.1, 0.15) is 12.0 Å². The van der Waals surface area contributed by atoms with Crippen molar-refractivity contribution in [2.45, 2.75) is 13.0 Å². The molecule has 25 heavy (non-hydrogen) atoms. The lowest BCUT2D eigenvalue weighted by Crippen LogP contribution is -2.41. The van der Waals surface area contributed by atoms with Crippen molar-refractivity contribution < 1.29 is 14.6 Å². The molecule has 3 heterocycles. The number of aliphatic hydroxyl groups is 1. The Morgan fingerprint density at radius 3 is 3.08 bits per heavy atom. The summed E-state index contributed by atoms with van der Waals surface area (Å²) in [6.45, 7) is 4.42. The number of aromatic nitrogens is 2. The second-order valence-electron chi connectivity index (χ2n) is 7.16. The van der Waals surface area contributed by atoms with Crippen molar-refractivity contribution in [3.8, 4) is 11.4 Å². The van der Waals surface area contributed by atoms with Crippen LogP contribution in [-0.2, 0) is 11.3 Å². The topological polar surface area (TPSA) is 59.8 Å². The molecule has 1 aromatic carbocycles. The van der Waals surface area contributed by atoms with Gasteiger partial charge in [-0.3, -0.25) is 4.90 Å². The Labute approximate surface area is 148 Å². The van der Waals surface area contributed by atoms with Crippen LogP contribution in [0.4, 0.5) is 0 Å². The molecule has 134 valence electrons. The first-order chi connectivity index (χ1) is 12.2. The molecule has 0 amide bonds. The fraction of sp³-hybridized carbons (Fsp3) is 0.526. The maximum Gasteiger partial charge on any atom is 0.119 e. The molecule has 2 aromatic rings. The first kappa shape index (κ1) is 16.6. The van der Waals surface area contributed by atoms with Crippen LogP contribution in [0.2, 0.25) is 0 Å². The predicted octanol–water partition coefficient (Wildman–Crippen LogP) is 1.71. The van der Waals surface area contributed by atoms with Gasteiger partial charge in [-0.2, -0.15) is 5.10 Å². The van der Waals surface area contributed by atoms with Crippen LogP contribution in [0.15, 0.2) is 36.7 Å². The molecule has 2 fully saturated rings. The highest BCUT2D eigenvalue weighted by Gasteiger charge is 2.47. The van der Waals surface area contributed by atoms with Gasteiger partial charge in [0.05, 0.1) is 26.0 Å². The third kappa shape index (κ3) is 3.05. The fourth-order valence-corrected chi connectivity index (χ4v) is 4.23. The quantitative estimate of drug-likeness (QED) is 0.896. The van der Waals surface area contributed by atoms with E-state index in [9.17, 15) is 5.11 Å². The molecular formula is C19H25N3O3. The Morgan fingerprint density at radius 1 is 1.44 bits per heavy atom. The number of hydrogen-bond acceptors (Lipinski definition) is 5. The molecule has 0 unspecified atom stereocenters. The smallest absolute Gasteiger partial charge is 0.119 e. The highest BCUT2D eigenvalue weighted by Crippen LogP contribution is 2.42. The molecular weight excluding hydrogens is 318 g/mol. The Morgan fingerprint density at radius 2 is 2.36 bits per heavy atom. The van der Waals surface area contributed by atoms with E-state index in [2.05, 4.69) is 22.1 Å². The van der Waals surface area contributed by atoms with Gasteiger partial charge in [0.2, 0.25) is 0 Å². The zero-order chi connectivity index (χ0) is 17.3. The van der Waals surface area contributed by atoms with E-state index in [-0.39, 0.29) is 12.0 Å². The summed E-state index contributed by atoms with van der Waals surface area (Å²) in [5.41, 5.74) is 2.23. The molecule has 1 N–H and O–H groups in total. The lowest BCUT2D eigenvalue weighted by atomic mass is 9.75. The number of fused-ring (bicyclic) bond motifs is 1. The standard InChI is InChI=1S/C19H25N3O3/c1-24-17-3-4-18(22-7-2-6-20-22)15(9-17)10-21-11-16-12-25-8-5-19(16,13-21)14-23/h2-4,6-7,9,16,23H,5,8,10-14H2,1H3/t16-,19-/m1/s1. The molecule has 0 bridgehead atoms. The second kappa shape index (κ2) is 6.78. The first-order valence-corrected chi connectivity index (χ1v) is 8.82. The van der Waals surface area contributed by atoms with Gasteiger partial charge >= 0.3 is 0 Å². The van der Waals surface area contributed by atoms with Crippen LogP contribution < -0.4 is 4.74 Å². The molecule has 2 atom stereocenters. The summed E-state index contributed by atoms with van der Waals surface area (Å²) in [7, 11) is 1.69. The minimum Gasteiger partial charge on any atom is -0.497 e. The van der Waals surface area contributed by atoms with E-state index in [1.807, 2.05) is 23.0 Å². The summed E-state index contributed by atoms with van der Waals surface area (Å²) in [4.78, 5) is 2.43. The third-order valence-electron chi connectivity index (χ3n) is 5.69. The molecule has 0 radical (unpaired) electrons. The average Bonchev–Trinajstić information content (AvgIpc) is 3.29. The number of nitrogens with zero attached hydrogens (tertiary/aromatic N) is 3. The van der Waals surface area contributed by atoms with Crippen LogP contribution >= 0.6 is 0 Å². The van der Waals surface area contributed by atoms with Gasteiger partial charge in [-0.15, -0.1) is 0 Å². The van der Waals surface area contributed by atoms with E-state index in [0.717, 1.165) is 50.7 Å². The van der Waals surface area contributed by atoms with Gasteiger partial charge in [0.1, 0.15) is 5.75 Å². The van der Waals surface area contributed by atoms with Gasteiger partial charge in [-0.05, 0) is 36.2 Å². The molecule has 0 saturated carbocycles. The third-order valence-corrected chi connectivity index (χ3v) is 5.69. The van der Waals surface area contributed by atoms with Crippen molar-refractivity contribution in [2.24, 2.45) is 11.3 Å². The maximum atomic E-state index is 10.0. The molecule has 2 saturated heterocycles. The summed E-state index contributed by atoms with van der Waals surface area (Å²) in [5, 5.41) is 14.4. The largest absolute Gasteiger partial charge is 0.497 e. The summed E-state index contributed by atoms with van der Waals surface area (Å²) >= 11 is 0. The predicted molar refractivity (Wildman–Crippen MR) is 93.8 cm³/mol. The molecule has 2 aliphatic heterocycles. The Hall–Kier alpha value is -1.89. The molecule has 0 spiro atoms. The van der Waals surface area contributed by atoms with Crippen molar-refractivity contribution in [2.75, 3.05) is 40.0 Å². The molecule has 6 nitrogen and oxygen atoms in total. The van der Waals surface area contributed by atoms with Crippen LogP contribution in [0.25, 0.3) is 5.69 Å². The van der Waals surface area contributed by atoms with Crippen LogP contribution in [-0.4, -0.2) is 59.8 Å². The summed E-state index contributed by atoms with van der Waals surface area (Å²) in [6, 6.07) is 8.03. The van der Waals surface area contributed by atoms with Crippen LogP contribution in [0.3, 0.4) is 0 Å². The highest BCUT2D eigenvalue weighted by molar-refractivity contribution is 5.45. The Kier molecular flexibility index (Phi) is 4.50. The van der Waals surface area contributed by atoms with E-state index in [1.54, 1.807) is 13.3 Å². The lowest BCUT2D eigenvalue weighted by molar-refractivity contribution is -0.0417. The summed E-state index contributed by atoms with van der Waals surface area (Å²) in [5.74, 6) is 1.26. The number of benzene rings is 1. The number of methoxy groups -OCH3 is 1. The second-order valence-corrected chi connectivity index (χ2v) is 7.16. The Balaban J connectivity index is 1.60. The van der Waals surface area contributed by atoms with E-state index in [1.165, 1.54) is 5.56 Å². The zero-order valence-electron chi connectivity index (χ0n) is 14.6. The number of ether oxygens (including phenoxy) is 2. The van der Waals surface area contributed by atoms with E-state index in [4.69, 9.17) is 9.47 Å². The fourth-order valence-electron chi connectivity index (χ4n) is 4.23. The van der Waals surface area contributed by atoms with Crippen LogP contribution in [0.5, 0.6) is 5.75 Å². The summed E-state index contributed by atoms with van der Waals surface area (Å²) in [6.07, 6.45) is 4.68. The monoisotopic (exact) mass is 343 g/mol. The molecule has 4 rings (SSSR count). The zero-order valence-corrected chi connectivity index (χ0v) is 14.6. The van der Waals surface area contributed by atoms with Gasteiger partial charge < -0.3 is 14.6 Å². The molecule has 0 aliphatic carbocycles. The van der Waals surface area contributed by atoms with E-state index in [0.29, 0.717) is 5.92 Å². The Bertz CT molecular complexity index is 719. The summed E-state index contributed by atoms with van der Waals surface area (Å²) < 4.78 is 13.0. The highest BCUT2D eigenvalue weighted by atomic mass is 16.5. The van der Waals surface area contributed by atoms with E-state index < -0.39 is 0 Å². The van der Waals surface area contributed by atoms with Crippen molar-refractivity contribution in [1.82, 2.24) is 14.7 Å². The van der Waals surface area contributed by atoms with Gasteiger partial charge in [-0.25, -0.2) is 4.68 Å². The SMILES string of the molecule is COc1ccc(-n2cccn2)c(CN2C[C@@H]3COCC[C@]3(CO)C2)c1. The minimum atomic E-state index is -0.0109.